The highest BCUT2D eigenvalue weighted by Gasteiger charge is 2.19. The summed E-state index contributed by atoms with van der Waals surface area (Å²) in [5, 5.41) is 5.36. The molecule has 0 aromatic carbocycles. The summed E-state index contributed by atoms with van der Waals surface area (Å²) in [7, 11) is 1.75. The molecule has 0 radical (unpaired) electrons. The Morgan fingerprint density at radius 1 is 1.53 bits per heavy atom. The number of hydrogen-bond acceptors (Lipinski definition) is 4. The van der Waals surface area contributed by atoms with Gasteiger partial charge in [-0.05, 0) is 48.1 Å². The fourth-order valence-corrected chi connectivity index (χ4v) is 2.79. The summed E-state index contributed by atoms with van der Waals surface area (Å²) in [5.41, 5.74) is -0.444. The largest absolute Gasteiger partial charge is 0.444 e. The average Bonchev–Trinajstić information content (AvgIpc) is 2.68. The molecule has 0 spiro atoms. The molecule has 1 aromatic rings. The second-order valence-electron chi connectivity index (χ2n) is 5.27. The third-order valence-electron chi connectivity index (χ3n) is 2.31. The molecule has 0 atom stereocenters. The summed E-state index contributed by atoms with van der Waals surface area (Å²) >= 11 is 5.20. The first-order valence-electron chi connectivity index (χ1n) is 6.16. The van der Waals surface area contributed by atoms with Gasteiger partial charge in [0, 0.05) is 36.0 Å². The van der Waals surface area contributed by atoms with E-state index in [0.29, 0.717) is 6.54 Å². The average molecular weight is 349 g/mol. The van der Waals surface area contributed by atoms with E-state index in [1.807, 2.05) is 32.2 Å². The molecule has 108 valence electrons. The number of nitrogens with zero attached hydrogens (tertiary/aromatic N) is 1. The molecule has 6 heteroatoms. The number of carbonyl (C=O) groups excluding carboxylic acids is 1. The molecule has 0 unspecified atom stereocenters. The monoisotopic (exact) mass is 348 g/mol. The highest BCUT2D eigenvalue weighted by Crippen LogP contribution is 2.21. The van der Waals surface area contributed by atoms with Crippen molar-refractivity contribution >= 4 is 33.4 Å². The van der Waals surface area contributed by atoms with Gasteiger partial charge in [-0.1, -0.05) is 0 Å². The molecule has 19 heavy (non-hydrogen) atoms. The first-order valence-corrected chi connectivity index (χ1v) is 7.83. The van der Waals surface area contributed by atoms with Crippen LogP contribution in [0.4, 0.5) is 4.79 Å². The van der Waals surface area contributed by atoms with Crippen molar-refractivity contribution in [2.75, 3.05) is 20.1 Å². The van der Waals surface area contributed by atoms with Crippen molar-refractivity contribution in [2.24, 2.45) is 0 Å². The molecule has 1 aromatic heterocycles. The molecule has 1 N–H and O–H groups in total. The van der Waals surface area contributed by atoms with E-state index in [-0.39, 0.29) is 6.09 Å². The van der Waals surface area contributed by atoms with Crippen LogP contribution in [0.3, 0.4) is 0 Å². The molecule has 0 saturated heterocycles. The van der Waals surface area contributed by atoms with Crippen molar-refractivity contribution < 1.29 is 9.53 Å². The molecule has 0 aliphatic rings. The van der Waals surface area contributed by atoms with Crippen LogP contribution in [0, 0.1) is 0 Å². The molecular formula is C13H21BrN2O2S. The minimum Gasteiger partial charge on any atom is -0.444 e. The lowest BCUT2D eigenvalue weighted by Crippen LogP contribution is -2.37. The predicted octanol–water partition coefficient (Wildman–Crippen LogP) is 3.47. The second-order valence-corrected chi connectivity index (χ2v) is 7.13. The lowest BCUT2D eigenvalue weighted by Gasteiger charge is -2.24. The van der Waals surface area contributed by atoms with Gasteiger partial charge in [0.1, 0.15) is 5.60 Å². The SMILES string of the molecule is CN(CCNCc1sccc1Br)C(=O)OC(C)(C)C. The molecule has 0 bridgehead atoms. The molecule has 0 aliphatic heterocycles. The summed E-state index contributed by atoms with van der Waals surface area (Å²) in [6.07, 6.45) is -0.286. The molecule has 1 amide bonds. The number of likely N-dealkylation sites (N-methyl/N-ethyl adjacent to an activating group) is 1. The Balaban J connectivity index is 2.22. The standard InChI is InChI=1S/C13H21BrN2O2S/c1-13(2,3)18-12(17)16(4)7-6-15-9-11-10(14)5-8-19-11/h5,8,15H,6-7,9H2,1-4H3. The maximum absolute atomic E-state index is 11.7. The van der Waals surface area contributed by atoms with Crippen molar-refractivity contribution in [3.8, 4) is 0 Å². The van der Waals surface area contributed by atoms with Gasteiger partial charge in [-0.2, -0.15) is 0 Å². The smallest absolute Gasteiger partial charge is 0.410 e. The van der Waals surface area contributed by atoms with Crippen LogP contribution in [0.2, 0.25) is 0 Å². The van der Waals surface area contributed by atoms with Gasteiger partial charge < -0.3 is 15.0 Å². The summed E-state index contributed by atoms with van der Waals surface area (Å²) < 4.78 is 6.41. The molecule has 0 aliphatic carbocycles. The molecule has 4 nitrogen and oxygen atoms in total. The maximum Gasteiger partial charge on any atom is 0.410 e. The van der Waals surface area contributed by atoms with Crippen LogP contribution < -0.4 is 5.32 Å². The summed E-state index contributed by atoms with van der Waals surface area (Å²) in [6, 6.07) is 2.04. The van der Waals surface area contributed by atoms with Gasteiger partial charge in [0.15, 0.2) is 0 Å². The van der Waals surface area contributed by atoms with Crippen molar-refractivity contribution in [3.63, 3.8) is 0 Å². The number of hydrogen-bond donors (Lipinski definition) is 1. The van der Waals surface area contributed by atoms with Crippen molar-refractivity contribution in [2.45, 2.75) is 32.9 Å². The Morgan fingerprint density at radius 2 is 2.21 bits per heavy atom. The minimum absolute atomic E-state index is 0.286. The summed E-state index contributed by atoms with van der Waals surface area (Å²) in [5.74, 6) is 0. The highest BCUT2D eigenvalue weighted by atomic mass is 79.9. The van der Waals surface area contributed by atoms with E-state index >= 15 is 0 Å². The molecule has 0 saturated carbocycles. The predicted molar refractivity (Wildman–Crippen MR) is 82.6 cm³/mol. The quantitative estimate of drug-likeness (QED) is 0.828. The number of ether oxygens (including phenoxy) is 1. The fourth-order valence-electron chi connectivity index (χ4n) is 1.33. The van der Waals surface area contributed by atoms with E-state index < -0.39 is 5.60 Å². The molecular weight excluding hydrogens is 328 g/mol. The van der Waals surface area contributed by atoms with E-state index in [4.69, 9.17) is 4.74 Å². The van der Waals surface area contributed by atoms with Gasteiger partial charge in [0.2, 0.25) is 0 Å². The summed E-state index contributed by atoms with van der Waals surface area (Å²) in [6.45, 7) is 7.76. The van der Waals surface area contributed by atoms with Crippen LogP contribution >= 0.6 is 27.3 Å². The van der Waals surface area contributed by atoms with Gasteiger partial charge in [-0.3, -0.25) is 0 Å². The van der Waals surface area contributed by atoms with Crippen molar-refractivity contribution in [1.29, 1.82) is 0 Å². The lowest BCUT2D eigenvalue weighted by molar-refractivity contribution is 0.0300. The zero-order chi connectivity index (χ0) is 14.5. The molecule has 1 heterocycles. The van der Waals surface area contributed by atoms with Crippen molar-refractivity contribution in [1.82, 2.24) is 10.2 Å². The van der Waals surface area contributed by atoms with Crippen LogP contribution in [0.1, 0.15) is 25.6 Å². The Kier molecular flexibility index (Phi) is 6.29. The van der Waals surface area contributed by atoms with E-state index in [1.165, 1.54) is 4.88 Å². The minimum atomic E-state index is -0.444. The van der Waals surface area contributed by atoms with Gasteiger partial charge in [-0.15, -0.1) is 11.3 Å². The normalized spacial score (nSPS) is 11.4. The number of thiophene rings is 1. The van der Waals surface area contributed by atoms with Gasteiger partial charge in [-0.25, -0.2) is 4.79 Å². The Bertz CT molecular complexity index is 415. The number of amides is 1. The third-order valence-corrected chi connectivity index (χ3v) is 4.23. The number of halogens is 1. The van der Waals surface area contributed by atoms with Gasteiger partial charge in [0.05, 0.1) is 0 Å². The van der Waals surface area contributed by atoms with Crippen LogP contribution in [-0.2, 0) is 11.3 Å². The van der Waals surface area contributed by atoms with Crippen LogP contribution in [0.15, 0.2) is 15.9 Å². The first-order chi connectivity index (χ1) is 8.79. The Morgan fingerprint density at radius 3 is 2.74 bits per heavy atom. The second kappa shape index (κ2) is 7.26. The molecule has 1 rings (SSSR count). The molecule has 0 fully saturated rings. The van der Waals surface area contributed by atoms with Crippen LogP contribution in [0.5, 0.6) is 0 Å². The van der Waals surface area contributed by atoms with Gasteiger partial charge in [0.25, 0.3) is 0 Å². The van der Waals surface area contributed by atoms with E-state index in [2.05, 4.69) is 21.2 Å². The zero-order valence-electron chi connectivity index (χ0n) is 11.8. The van der Waals surface area contributed by atoms with E-state index in [0.717, 1.165) is 17.6 Å². The number of nitrogens with one attached hydrogen (secondary N) is 1. The van der Waals surface area contributed by atoms with Crippen LogP contribution in [-0.4, -0.2) is 36.7 Å². The van der Waals surface area contributed by atoms with Gasteiger partial charge >= 0.3 is 6.09 Å². The summed E-state index contributed by atoms with van der Waals surface area (Å²) in [4.78, 5) is 14.6. The Hall–Kier alpha value is -0.590. The van der Waals surface area contributed by atoms with Crippen LogP contribution in [0.25, 0.3) is 0 Å². The Labute approximate surface area is 127 Å². The highest BCUT2D eigenvalue weighted by molar-refractivity contribution is 9.10. The van der Waals surface area contributed by atoms with E-state index in [9.17, 15) is 4.79 Å². The van der Waals surface area contributed by atoms with Crippen molar-refractivity contribution in [3.05, 3.63) is 20.8 Å². The third kappa shape index (κ3) is 6.40. The fraction of sp³-hybridized carbons (Fsp3) is 0.615. The zero-order valence-corrected chi connectivity index (χ0v) is 14.2. The van der Waals surface area contributed by atoms with E-state index in [1.54, 1.807) is 23.3 Å². The lowest BCUT2D eigenvalue weighted by atomic mass is 10.2. The maximum atomic E-state index is 11.7. The number of rotatable bonds is 5. The topological polar surface area (TPSA) is 41.6 Å². The first kappa shape index (κ1) is 16.5. The number of carbonyl (C=O) groups is 1.